The Hall–Kier alpha value is -1.86. The smallest absolute Gasteiger partial charge is 0.274 e. The minimum Gasteiger partial charge on any atom is -0.324 e. The summed E-state index contributed by atoms with van der Waals surface area (Å²) >= 11 is 2.88. The summed E-state index contributed by atoms with van der Waals surface area (Å²) < 4.78 is 4.16. The highest BCUT2D eigenvalue weighted by atomic mass is 32.2. The van der Waals surface area contributed by atoms with Crippen molar-refractivity contribution in [2.24, 2.45) is 0 Å². The van der Waals surface area contributed by atoms with Crippen molar-refractivity contribution in [3.05, 3.63) is 46.5 Å². The van der Waals surface area contributed by atoms with Crippen LogP contribution in [0.1, 0.15) is 20.9 Å². The molecule has 7 heteroatoms. The summed E-state index contributed by atoms with van der Waals surface area (Å²) in [6.07, 6.45) is 0. The third kappa shape index (κ3) is 3.56. The zero-order chi connectivity index (χ0) is 16.4. The van der Waals surface area contributed by atoms with Gasteiger partial charge in [-0.2, -0.15) is 4.37 Å². The van der Waals surface area contributed by atoms with Gasteiger partial charge in [0.1, 0.15) is 11.7 Å². The number of rotatable bonds is 3. The molecule has 1 aliphatic rings. The van der Waals surface area contributed by atoms with Gasteiger partial charge in [0.2, 0.25) is 5.91 Å². The predicted octanol–water partition coefficient (Wildman–Crippen LogP) is 2.91. The van der Waals surface area contributed by atoms with Crippen LogP contribution in [0.15, 0.2) is 30.3 Å². The van der Waals surface area contributed by atoms with Gasteiger partial charge in [-0.25, -0.2) is 0 Å². The number of aryl methyl sites for hydroxylation is 2. The number of carbonyl (C=O) groups excluding carboxylic acids is 2. The maximum atomic E-state index is 12.5. The molecule has 2 heterocycles. The lowest BCUT2D eigenvalue weighted by Crippen LogP contribution is -2.44. The van der Waals surface area contributed by atoms with Crippen molar-refractivity contribution in [2.45, 2.75) is 19.9 Å². The Kier molecular flexibility index (Phi) is 4.68. The first-order valence-electron chi connectivity index (χ1n) is 7.24. The van der Waals surface area contributed by atoms with Crippen LogP contribution < -0.4 is 5.32 Å². The highest BCUT2D eigenvalue weighted by Crippen LogP contribution is 2.25. The molecule has 120 valence electrons. The first kappa shape index (κ1) is 16.0. The quantitative estimate of drug-likeness (QED) is 0.927. The number of amides is 2. The van der Waals surface area contributed by atoms with E-state index < -0.39 is 6.04 Å². The normalized spacial score (nSPS) is 17.3. The zero-order valence-electron chi connectivity index (χ0n) is 12.9. The van der Waals surface area contributed by atoms with Crippen LogP contribution in [0.3, 0.4) is 0 Å². The molecular weight excluding hydrogens is 330 g/mol. The molecule has 1 N–H and O–H groups in total. The van der Waals surface area contributed by atoms with Crippen molar-refractivity contribution in [2.75, 3.05) is 16.9 Å². The second kappa shape index (κ2) is 6.72. The lowest BCUT2D eigenvalue weighted by atomic mass is 10.2. The van der Waals surface area contributed by atoms with Gasteiger partial charge in [-0.3, -0.25) is 9.59 Å². The van der Waals surface area contributed by atoms with E-state index in [4.69, 9.17) is 0 Å². The van der Waals surface area contributed by atoms with Crippen LogP contribution in [0.2, 0.25) is 0 Å². The molecule has 3 rings (SSSR count). The molecule has 0 radical (unpaired) electrons. The standard InChI is InChI=1S/C16H17N3O2S2/c1-10-3-5-12(6-4-10)17-15(20)14-8-22-9-19(14)16(21)13-7-11(2)23-18-13/h3-7,14H,8-9H2,1-2H3,(H,17,20)/t14-/m1/s1. The van der Waals surface area contributed by atoms with E-state index in [-0.39, 0.29) is 11.8 Å². The SMILES string of the molecule is Cc1ccc(NC(=O)[C@H]2CSCN2C(=O)c2cc(C)sn2)cc1. The minimum atomic E-state index is -0.462. The Bertz CT molecular complexity index is 727. The van der Waals surface area contributed by atoms with Crippen LogP contribution in [0.5, 0.6) is 0 Å². The van der Waals surface area contributed by atoms with Gasteiger partial charge in [0.15, 0.2) is 0 Å². The monoisotopic (exact) mass is 347 g/mol. The summed E-state index contributed by atoms with van der Waals surface area (Å²) in [5.74, 6) is 0.788. The highest BCUT2D eigenvalue weighted by Gasteiger charge is 2.35. The number of thioether (sulfide) groups is 1. The van der Waals surface area contributed by atoms with E-state index in [0.29, 0.717) is 17.3 Å². The summed E-state index contributed by atoms with van der Waals surface area (Å²) in [7, 11) is 0. The number of carbonyl (C=O) groups is 2. The van der Waals surface area contributed by atoms with Crippen molar-refractivity contribution in [3.63, 3.8) is 0 Å². The average molecular weight is 347 g/mol. The van der Waals surface area contributed by atoms with Crippen molar-refractivity contribution in [1.82, 2.24) is 9.27 Å². The summed E-state index contributed by atoms with van der Waals surface area (Å²) in [4.78, 5) is 27.7. The Labute approximate surface area is 143 Å². The fraction of sp³-hybridized carbons (Fsp3) is 0.312. The van der Waals surface area contributed by atoms with E-state index in [1.165, 1.54) is 11.5 Å². The minimum absolute atomic E-state index is 0.154. The molecule has 1 atom stereocenters. The van der Waals surface area contributed by atoms with Crippen LogP contribution in [-0.2, 0) is 4.79 Å². The van der Waals surface area contributed by atoms with Gasteiger partial charge in [0.05, 0.1) is 5.88 Å². The summed E-state index contributed by atoms with van der Waals surface area (Å²) in [6.45, 7) is 3.91. The van der Waals surface area contributed by atoms with Crippen molar-refractivity contribution in [1.29, 1.82) is 0 Å². The molecule has 0 spiro atoms. The van der Waals surface area contributed by atoms with E-state index in [9.17, 15) is 9.59 Å². The molecule has 23 heavy (non-hydrogen) atoms. The highest BCUT2D eigenvalue weighted by molar-refractivity contribution is 7.99. The van der Waals surface area contributed by atoms with E-state index in [1.54, 1.807) is 22.7 Å². The zero-order valence-corrected chi connectivity index (χ0v) is 14.5. The molecule has 1 aromatic carbocycles. The van der Waals surface area contributed by atoms with Gasteiger partial charge in [-0.1, -0.05) is 17.7 Å². The van der Waals surface area contributed by atoms with Gasteiger partial charge < -0.3 is 10.2 Å². The van der Waals surface area contributed by atoms with Gasteiger partial charge in [-0.05, 0) is 43.6 Å². The Balaban J connectivity index is 1.71. The lowest BCUT2D eigenvalue weighted by Gasteiger charge is -2.22. The second-order valence-corrected chi connectivity index (χ2v) is 7.48. The van der Waals surface area contributed by atoms with Gasteiger partial charge >= 0.3 is 0 Å². The average Bonchev–Trinajstić information content (AvgIpc) is 3.17. The molecular formula is C16H17N3O2S2. The van der Waals surface area contributed by atoms with E-state index >= 15 is 0 Å². The molecule has 1 saturated heterocycles. The summed E-state index contributed by atoms with van der Waals surface area (Å²) in [5.41, 5.74) is 2.30. The van der Waals surface area contributed by atoms with Crippen LogP contribution in [0.4, 0.5) is 5.69 Å². The molecule has 0 aliphatic carbocycles. The number of hydrogen-bond donors (Lipinski definition) is 1. The largest absolute Gasteiger partial charge is 0.324 e. The molecule has 2 amide bonds. The third-order valence-electron chi connectivity index (χ3n) is 3.61. The van der Waals surface area contributed by atoms with Crippen molar-refractivity contribution < 1.29 is 9.59 Å². The Morgan fingerprint density at radius 3 is 2.65 bits per heavy atom. The first-order valence-corrected chi connectivity index (χ1v) is 9.17. The van der Waals surface area contributed by atoms with Crippen LogP contribution in [-0.4, -0.2) is 38.8 Å². The molecule has 2 aromatic rings. The van der Waals surface area contributed by atoms with Crippen LogP contribution >= 0.6 is 23.3 Å². The van der Waals surface area contributed by atoms with Gasteiger partial charge in [0.25, 0.3) is 5.91 Å². The number of nitrogens with one attached hydrogen (secondary N) is 1. The maximum absolute atomic E-state index is 12.5. The molecule has 1 aromatic heterocycles. The maximum Gasteiger partial charge on any atom is 0.274 e. The third-order valence-corrected chi connectivity index (χ3v) is 5.32. The van der Waals surface area contributed by atoms with Crippen molar-refractivity contribution in [3.8, 4) is 0 Å². The van der Waals surface area contributed by atoms with Crippen LogP contribution in [0.25, 0.3) is 0 Å². The number of anilines is 1. The fourth-order valence-corrected chi connectivity index (χ4v) is 4.03. The van der Waals surface area contributed by atoms with Crippen LogP contribution in [0, 0.1) is 13.8 Å². The number of hydrogen-bond acceptors (Lipinski definition) is 5. The van der Waals surface area contributed by atoms with E-state index in [2.05, 4.69) is 9.69 Å². The Morgan fingerprint density at radius 1 is 1.26 bits per heavy atom. The van der Waals surface area contributed by atoms with E-state index in [1.807, 2.05) is 38.1 Å². The van der Waals surface area contributed by atoms with Gasteiger partial charge in [0, 0.05) is 16.3 Å². The van der Waals surface area contributed by atoms with Crippen molar-refractivity contribution >= 4 is 40.8 Å². The van der Waals surface area contributed by atoms with E-state index in [0.717, 1.165) is 16.1 Å². The second-order valence-electron chi connectivity index (χ2n) is 5.47. The number of benzene rings is 1. The summed E-state index contributed by atoms with van der Waals surface area (Å²) in [5, 5.41) is 2.89. The number of aromatic nitrogens is 1. The number of nitrogens with zero attached hydrogens (tertiary/aromatic N) is 2. The first-order chi connectivity index (χ1) is 11.0. The molecule has 0 bridgehead atoms. The molecule has 1 fully saturated rings. The molecule has 0 unspecified atom stereocenters. The molecule has 5 nitrogen and oxygen atoms in total. The molecule has 0 saturated carbocycles. The predicted molar refractivity (Wildman–Crippen MR) is 93.9 cm³/mol. The topological polar surface area (TPSA) is 62.3 Å². The van der Waals surface area contributed by atoms with Gasteiger partial charge in [-0.15, -0.1) is 11.8 Å². The fourth-order valence-electron chi connectivity index (χ4n) is 2.34. The molecule has 1 aliphatic heterocycles. The lowest BCUT2D eigenvalue weighted by molar-refractivity contribution is -0.119. The Morgan fingerprint density at radius 2 is 2.00 bits per heavy atom. The summed E-state index contributed by atoms with van der Waals surface area (Å²) in [6, 6.07) is 8.93.